The lowest BCUT2D eigenvalue weighted by Crippen LogP contribution is -2.37. The maximum atomic E-state index is 12.3. The van der Waals surface area contributed by atoms with Crippen LogP contribution in [-0.2, 0) is 4.79 Å². The van der Waals surface area contributed by atoms with Crippen LogP contribution in [0.1, 0.15) is 11.6 Å². The zero-order chi connectivity index (χ0) is 16.0. The summed E-state index contributed by atoms with van der Waals surface area (Å²) in [4.78, 5) is 16.7. The third-order valence-electron chi connectivity index (χ3n) is 4.06. The summed E-state index contributed by atoms with van der Waals surface area (Å²) >= 11 is 0. The summed E-state index contributed by atoms with van der Waals surface area (Å²) in [5.41, 5.74) is 2.26. The molecule has 0 aliphatic carbocycles. The van der Waals surface area contributed by atoms with Gasteiger partial charge in [0.05, 0.1) is 23.1 Å². The van der Waals surface area contributed by atoms with Gasteiger partial charge in [0, 0.05) is 0 Å². The van der Waals surface area contributed by atoms with Crippen LogP contribution in [0, 0.1) is 17.2 Å². The molecule has 6 nitrogen and oxygen atoms in total. The molecule has 1 aromatic heterocycles. The second-order valence-corrected chi connectivity index (χ2v) is 5.43. The molecule has 6 heteroatoms. The van der Waals surface area contributed by atoms with Gasteiger partial charge in [-0.3, -0.25) is 10.1 Å². The summed E-state index contributed by atoms with van der Waals surface area (Å²) in [5, 5.41) is 22.0. The van der Waals surface area contributed by atoms with Crippen molar-refractivity contribution in [2.45, 2.75) is 6.04 Å². The van der Waals surface area contributed by atoms with E-state index in [0.717, 1.165) is 11.0 Å². The molecule has 23 heavy (non-hydrogen) atoms. The molecule has 3 aromatic rings. The highest BCUT2D eigenvalue weighted by Crippen LogP contribution is 2.38. The molecule has 1 aliphatic rings. The molecule has 2 heterocycles. The molecule has 0 saturated heterocycles. The Balaban J connectivity index is 2.02. The molecule has 0 unspecified atom stereocenters. The van der Waals surface area contributed by atoms with Crippen molar-refractivity contribution in [3.63, 3.8) is 0 Å². The number of nitrogens with one attached hydrogen (secondary N) is 1. The number of hydrogen-bond acceptors (Lipinski definition) is 4. The van der Waals surface area contributed by atoms with Gasteiger partial charge >= 0.3 is 0 Å². The molecule has 0 saturated carbocycles. The van der Waals surface area contributed by atoms with Gasteiger partial charge in [0.15, 0.2) is 5.92 Å². The zero-order valence-electron chi connectivity index (χ0n) is 12.0. The largest absolute Gasteiger partial charge is 0.508 e. The SMILES string of the molecule is N#C[C@@H]1C(=O)Nc2nc3ccccc3n2[C@@H]1c1cccc(O)c1. The van der Waals surface area contributed by atoms with Gasteiger partial charge in [-0.25, -0.2) is 4.98 Å². The van der Waals surface area contributed by atoms with Crippen LogP contribution in [0.3, 0.4) is 0 Å². The van der Waals surface area contributed by atoms with Crippen LogP contribution in [0.2, 0.25) is 0 Å². The van der Waals surface area contributed by atoms with E-state index in [0.29, 0.717) is 11.5 Å². The Hall–Kier alpha value is -3.33. The Morgan fingerprint density at radius 1 is 1.22 bits per heavy atom. The van der Waals surface area contributed by atoms with Crippen molar-refractivity contribution in [2.75, 3.05) is 5.32 Å². The lowest BCUT2D eigenvalue weighted by Gasteiger charge is -2.29. The minimum absolute atomic E-state index is 0.0937. The molecule has 2 aromatic carbocycles. The van der Waals surface area contributed by atoms with E-state index in [4.69, 9.17) is 0 Å². The van der Waals surface area contributed by atoms with Crippen molar-refractivity contribution >= 4 is 22.9 Å². The molecule has 4 rings (SSSR count). The summed E-state index contributed by atoms with van der Waals surface area (Å²) in [6.07, 6.45) is 0. The van der Waals surface area contributed by atoms with Gasteiger partial charge in [-0.05, 0) is 29.8 Å². The number of imidazole rings is 1. The standard InChI is InChI=1S/C17H12N4O2/c18-9-12-15(10-4-3-5-11(22)8-10)21-14-7-2-1-6-13(14)19-17(21)20-16(12)23/h1-8,12,15,22H,(H,19,20,23)/t12-,15+/m0/s1. The van der Waals surface area contributed by atoms with Crippen LogP contribution in [0.4, 0.5) is 5.95 Å². The van der Waals surface area contributed by atoms with Crippen molar-refractivity contribution in [1.29, 1.82) is 5.26 Å². The van der Waals surface area contributed by atoms with Crippen LogP contribution in [0.5, 0.6) is 5.75 Å². The predicted molar refractivity (Wildman–Crippen MR) is 83.7 cm³/mol. The number of phenols is 1. The Labute approximate surface area is 131 Å². The molecule has 0 spiro atoms. The van der Waals surface area contributed by atoms with Crippen molar-refractivity contribution in [2.24, 2.45) is 5.92 Å². The summed E-state index contributed by atoms with van der Waals surface area (Å²) in [7, 11) is 0. The number of aromatic hydroxyl groups is 1. The van der Waals surface area contributed by atoms with E-state index in [1.165, 1.54) is 0 Å². The van der Waals surface area contributed by atoms with E-state index in [1.807, 2.05) is 28.8 Å². The number of para-hydroxylation sites is 2. The van der Waals surface area contributed by atoms with Crippen LogP contribution in [-0.4, -0.2) is 20.6 Å². The number of phenolic OH excluding ortho intramolecular Hbond substituents is 1. The second-order valence-electron chi connectivity index (χ2n) is 5.43. The minimum Gasteiger partial charge on any atom is -0.508 e. The number of anilines is 1. The number of nitrogens with zero attached hydrogens (tertiary/aromatic N) is 3. The topological polar surface area (TPSA) is 90.9 Å². The summed E-state index contributed by atoms with van der Waals surface area (Å²) in [6.45, 7) is 0. The van der Waals surface area contributed by atoms with E-state index in [2.05, 4.69) is 16.4 Å². The van der Waals surface area contributed by atoms with E-state index in [1.54, 1.807) is 24.3 Å². The number of amides is 1. The van der Waals surface area contributed by atoms with Crippen molar-refractivity contribution in [1.82, 2.24) is 9.55 Å². The van der Waals surface area contributed by atoms with Gasteiger partial charge in [0.25, 0.3) is 0 Å². The Bertz CT molecular complexity index is 970. The predicted octanol–water partition coefficient (Wildman–Crippen LogP) is 2.42. The first kappa shape index (κ1) is 13.3. The fourth-order valence-electron chi connectivity index (χ4n) is 3.07. The molecule has 2 atom stereocenters. The molecule has 2 N–H and O–H groups in total. The van der Waals surface area contributed by atoms with Crippen LogP contribution < -0.4 is 5.32 Å². The molecule has 0 bridgehead atoms. The number of fused-ring (bicyclic) bond motifs is 3. The van der Waals surface area contributed by atoms with E-state index < -0.39 is 12.0 Å². The van der Waals surface area contributed by atoms with E-state index in [-0.39, 0.29) is 11.7 Å². The van der Waals surface area contributed by atoms with Gasteiger partial charge < -0.3 is 9.67 Å². The normalized spacial score (nSPS) is 19.9. The lowest BCUT2D eigenvalue weighted by atomic mass is 9.91. The lowest BCUT2D eigenvalue weighted by molar-refractivity contribution is -0.119. The molecular formula is C17H12N4O2. The number of benzene rings is 2. The monoisotopic (exact) mass is 304 g/mol. The number of nitriles is 1. The number of carbonyl (C=O) groups is 1. The first-order chi connectivity index (χ1) is 11.2. The smallest absolute Gasteiger partial charge is 0.246 e. The third kappa shape index (κ3) is 1.94. The molecule has 0 fully saturated rings. The second kappa shape index (κ2) is 4.85. The Morgan fingerprint density at radius 3 is 2.83 bits per heavy atom. The summed E-state index contributed by atoms with van der Waals surface area (Å²) in [6, 6.07) is 15.7. The van der Waals surface area contributed by atoms with Gasteiger partial charge in [-0.2, -0.15) is 5.26 Å². The molecule has 0 radical (unpaired) electrons. The number of carbonyl (C=O) groups excluding carboxylic acids is 1. The highest BCUT2D eigenvalue weighted by molar-refractivity contribution is 5.97. The highest BCUT2D eigenvalue weighted by atomic mass is 16.3. The van der Waals surface area contributed by atoms with Gasteiger partial charge in [0.2, 0.25) is 11.9 Å². The third-order valence-corrected chi connectivity index (χ3v) is 4.06. The van der Waals surface area contributed by atoms with Crippen molar-refractivity contribution in [3.8, 4) is 11.8 Å². The van der Waals surface area contributed by atoms with Crippen molar-refractivity contribution < 1.29 is 9.90 Å². The average molecular weight is 304 g/mol. The quantitative estimate of drug-likeness (QED) is 0.722. The maximum Gasteiger partial charge on any atom is 0.246 e. The first-order valence-electron chi connectivity index (χ1n) is 7.15. The number of hydrogen-bond donors (Lipinski definition) is 2. The van der Waals surface area contributed by atoms with Crippen LogP contribution in [0.15, 0.2) is 48.5 Å². The Morgan fingerprint density at radius 2 is 2.04 bits per heavy atom. The number of aromatic nitrogens is 2. The fourth-order valence-corrected chi connectivity index (χ4v) is 3.07. The van der Waals surface area contributed by atoms with Crippen molar-refractivity contribution in [3.05, 3.63) is 54.1 Å². The molecular weight excluding hydrogens is 292 g/mol. The van der Waals surface area contributed by atoms with Gasteiger partial charge in [-0.15, -0.1) is 0 Å². The fraction of sp³-hybridized carbons (Fsp3) is 0.118. The highest BCUT2D eigenvalue weighted by Gasteiger charge is 2.38. The van der Waals surface area contributed by atoms with Gasteiger partial charge in [0.1, 0.15) is 5.75 Å². The average Bonchev–Trinajstić information content (AvgIpc) is 2.91. The summed E-state index contributed by atoms with van der Waals surface area (Å²) < 4.78 is 1.85. The molecule has 1 amide bonds. The van der Waals surface area contributed by atoms with E-state index >= 15 is 0 Å². The Kier molecular flexibility index (Phi) is 2.81. The first-order valence-corrected chi connectivity index (χ1v) is 7.15. The minimum atomic E-state index is -0.901. The zero-order valence-corrected chi connectivity index (χ0v) is 12.0. The van der Waals surface area contributed by atoms with E-state index in [9.17, 15) is 15.2 Å². The summed E-state index contributed by atoms with van der Waals surface area (Å²) in [5.74, 6) is -0.780. The van der Waals surface area contributed by atoms with Crippen LogP contribution >= 0.6 is 0 Å². The van der Waals surface area contributed by atoms with Crippen LogP contribution in [0.25, 0.3) is 11.0 Å². The molecule has 1 aliphatic heterocycles. The number of rotatable bonds is 1. The maximum absolute atomic E-state index is 12.3. The molecule has 112 valence electrons. The van der Waals surface area contributed by atoms with Gasteiger partial charge in [-0.1, -0.05) is 24.3 Å².